The zero-order chi connectivity index (χ0) is 18.1. The molecule has 2 rings (SSSR count). The first-order valence-electron chi connectivity index (χ1n) is 9.06. The van der Waals surface area contributed by atoms with E-state index in [4.69, 9.17) is 9.73 Å². The molecule has 9 heteroatoms. The summed E-state index contributed by atoms with van der Waals surface area (Å²) < 4.78 is 5.07. The van der Waals surface area contributed by atoms with E-state index in [9.17, 15) is 4.79 Å². The normalized spacial score (nSPS) is 14.8. The molecule has 1 N–H and O–H groups in total. The minimum absolute atomic E-state index is 0. The van der Waals surface area contributed by atoms with Gasteiger partial charge in [0.25, 0.3) is 0 Å². The monoisotopic (exact) mass is 495 g/mol. The summed E-state index contributed by atoms with van der Waals surface area (Å²) in [7, 11) is 0. The van der Waals surface area contributed by atoms with E-state index in [0.717, 1.165) is 44.1 Å². The molecule has 1 amide bonds. The Morgan fingerprint density at radius 3 is 2.54 bits per heavy atom. The number of aromatic nitrogens is 1. The molecule has 0 aromatic carbocycles. The SMILES string of the molecule is CCNC(=NCCc1csc(CC)n1)N1CCN(C(=O)OCC)CC1.I. The molecule has 1 aromatic heterocycles. The molecule has 1 aromatic rings. The second-order valence-corrected chi connectivity index (χ2v) is 6.69. The highest BCUT2D eigenvalue weighted by molar-refractivity contribution is 14.0. The number of nitrogens with one attached hydrogen (secondary N) is 1. The third-order valence-corrected chi connectivity index (χ3v) is 5.01. The molecular weight excluding hydrogens is 465 g/mol. The lowest BCUT2D eigenvalue weighted by molar-refractivity contribution is 0.0914. The highest BCUT2D eigenvalue weighted by Gasteiger charge is 2.23. The van der Waals surface area contributed by atoms with Gasteiger partial charge in [-0.2, -0.15) is 0 Å². The number of nitrogens with zero attached hydrogens (tertiary/aromatic N) is 4. The summed E-state index contributed by atoms with van der Waals surface area (Å²) in [6.07, 6.45) is 1.62. The van der Waals surface area contributed by atoms with Gasteiger partial charge in [-0.1, -0.05) is 6.92 Å². The van der Waals surface area contributed by atoms with Crippen LogP contribution >= 0.6 is 35.3 Å². The van der Waals surface area contributed by atoms with Gasteiger partial charge in [0, 0.05) is 51.1 Å². The number of guanidine groups is 1. The van der Waals surface area contributed by atoms with Crippen molar-refractivity contribution in [2.24, 2.45) is 4.99 Å². The molecular formula is C17H30IN5O2S. The number of thiazole rings is 1. The number of carbonyl (C=O) groups is 1. The van der Waals surface area contributed by atoms with E-state index in [1.807, 2.05) is 6.92 Å². The van der Waals surface area contributed by atoms with Gasteiger partial charge in [0.1, 0.15) is 0 Å². The molecule has 0 bridgehead atoms. The zero-order valence-electron chi connectivity index (χ0n) is 15.9. The van der Waals surface area contributed by atoms with E-state index in [1.54, 1.807) is 16.2 Å². The molecule has 1 aliphatic rings. The van der Waals surface area contributed by atoms with Gasteiger partial charge in [-0.15, -0.1) is 35.3 Å². The maximum atomic E-state index is 11.8. The van der Waals surface area contributed by atoms with Crippen LogP contribution in [-0.4, -0.2) is 72.7 Å². The Kier molecular flexibility index (Phi) is 10.9. The number of carbonyl (C=O) groups excluding carboxylic acids is 1. The summed E-state index contributed by atoms with van der Waals surface area (Å²) >= 11 is 1.72. The summed E-state index contributed by atoms with van der Waals surface area (Å²) in [6.45, 7) is 10.8. The highest BCUT2D eigenvalue weighted by Crippen LogP contribution is 2.11. The zero-order valence-corrected chi connectivity index (χ0v) is 19.0. The van der Waals surface area contributed by atoms with Crippen LogP contribution in [0.25, 0.3) is 0 Å². The quantitative estimate of drug-likeness (QED) is 0.374. The second-order valence-electron chi connectivity index (χ2n) is 5.74. The average Bonchev–Trinajstić information content (AvgIpc) is 3.09. The molecule has 0 aliphatic carbocycles. The fraction of sp³-hybridized carbons (Fsp3) is 0.706. The smallest absolute Gasteiger partial charge is 0.409 e. The fourth-order valence-corrected chi connectivity index (χ4v) is 3.42. The standard InChI is InChI=1S/C17H29N5O2S.HI/c1-4-15-20-14(13-25-15)7-8-19-16(18-5-2)21-9-11-22(12-10-21)17(23)24-6-3;/h13H,4-12H2,1-3H3,(H,18,19);1H. The number of rotatable bonds is 6. The fourth-order valence-electron chi connectivity index (χ4n) is 2.64. The Hall–Kier alpha value is -1.10. The van der Waals surface area contributed by atoms with Crippen molar-refractivity contribution in [3.05, 3.63) is 16.1 Å². The van der Waals surface area contributed by atoms with Gasteiger partial charge in [-0.3, -0.25) is 4.99 Å². The third kappa shape index (κ3) is 6.90. The van der Waals surface area contributed by atoms with Crippen molar-refractivity contribution in [3.63, 3.8) is 0 Å². The van der Waals surface area contributed by atoms with Crippen molar-refractivity contribution in [2.45, 2.75) is 33.6 Å². The molecule has 1 saturated heterocycles. The molecule has 1 fully saturated rings. The van der Waals surface area contributed by atoms with Crippen LogP contribution in [0.4, 0.5) is 4.79 Å². The first kappa shape index (κ1) is 22.9. The topological polar surface area (TPSA) is 70.1 Å². The van der Waals surface area contributed by atoms with Gasteiger partial charge in [0.15, 0.2) is 5.96 Å². The van der Waals surface area contributed by atoms with Gasteiger partial charge in [0.2, 0.25) is 0 Å². The molecule has 0 spiro atoms. The van der Waals surface area contributed by atoms with Crippen LogP contribution in [0.15, 0.2) is 10.4 Å². The van der Waals surface area contributed by atoms with Crippen molar-refractivity contribution in [1.29, 1.82) is 0 Å². The van der Waals surface area contributed by atoms with Crippen LogP contribution in [-0.2, 0) is 17.6 Å². The third-order valence-electron chi connectivity index (χ3n) is 3.97. The first-order valence-corrected chi connectivity index (χ1v) is 9.94. The minimum Gasteiger partial charge on any atom is -0.450 e. The van der Waals surface area contributed by atoms with Crippen LogP contribution in [0, 0.1) is 0 Å². The highest BCUT2D eigenvalue weighted by atomic mass is 127. The van der Waals surface area contributed by atoms with Crippen molar-refractivity contribution < 1.29 is 9.53 Å². The van der Waals surface area contributed by atoms with Crippen molar-refractivity contribution >= 4 is 47.4 Å². The van der Waals surface area contributed by atoms with E-state index in [1.165, 1.54) is 5.01 Å². The van der Waals surface area contributed by atoms with Gasteiger partial charge >= 0.3 is 6.09 Å². The van der Waals surface area contributed by atoms with E-state index >= 15 is 0 Å². The van der Waals surface area contributed by atoms with E-state index < -0.39 is 0 Å². The van der Waals surface area contributed by atoms with Crippen LogP contribution in [0.5, 0.6) is 0 Å². The van der Waals surface area contributed by atoms with E-state index in [0.29, 0.717) is 26.2 Å². The average molecular weight is 495 g/mol. The largest absolute Gasteiger partial charge is 0.450 e. The van der Waals surface area contributed by atoms with Crippen LogP contribution in [0.3, 0.4) is 0 Å². The molecule has 2 heterocycles. The van der Waals surface area contributed by atoms with Crippen LogP contribution in [0.1, 0.15) is 31.5 Å². The van der Waals surface area contributed by atoms with Crippen LogP contribution < -0.4 is 5.32 Å². The Labute approximate surface area is 177 Å². The number of hydrogen-bond acceptors (Lipinski definition) is 5. The van der Waals surface area contributed by atoms with Crippen molar-refractivity contribution in [3.8, 4) is 0 Å². The van der Waals surface area contributed by atoms with E-state index in [2.05, 4.69) is 34.4 Å². The molecule has 0 radical (unpaired) electrons. The van der Waals surface area contributed by atoms with Gasteiger partial charge < -0.3 is 19.9 Å². The molecule has 0 saturated carbocycles. The van der Waals surface area contributed by atoms with Gasteiger partial charge in [-0.05, 0) is 20.3 Å². The van der Waals surface area contributed by atoms with Crippen molar-refractivity contribution in [1.82, 2.24) is 20.1 Å². The lowest BCUT2D eigenvalue weighted by Gasteiger charge is -2.35. The molecule has 7 nitrogen and oxygen atoms in total. The van der Waals surface area contributed by atoms with Gasteiger partial charge in [-0.25, -0.2) is 9.78 Å². The summed E-state index contributed by atoms with van der Waals surface area (Å²) in [5.74, 6) is 0.914. The number of hydrogen-bond donors (Lipinski definition) is 1. The number of ether oxygens (including phenoxy) is 1. The predicted molar refractivity (Wildman–Crippen MR) is 117 cm³/mol. The number of aryl methyl sites for hydroxylation is 1. The molecule has 26 heavy (non-hydrogen) atoms. The Balaban J connectivity index is 0.00000338. The minimum atomic E-state index is -0.223. The molecule has 1 aliphatic heterocycles. The summed E-state index contributed by atoms with van der Waals surface area (Å²) in [6, 6.07) is 0. The second kappa shape index (κ2) is 12.3. The summed E-state index contributed by atoms with van der Waals surface area (Å²) in [4.78, 5) is 25.1. The Morgan fingerprint density at radius 1 is 1.27 bits per heavy atom. The summed E-state index contributed by atoms with van der Waals surface area (Å²) in [5.41, 5.74) is 1.12. The first-order chi connectivity index (χ1) is 12.2. The Bertz CT molecular complexity index is 573. The molecule has 148 valence electrons. The van der Waals surface area contributed by atoms with Crippen LogP contribution in [0.2, 0.25) is 0 Å². The lowest BCUT2D eigenvalue weighted by atomic mass is 10.3. The predicted octanol–water partition coefficient (Wildman–Crippen LogP) is 2.61. The van der Waals surface area contributed by atoms with E-state index in [-0.39, 0.29) is 30.1 Å². The maximum Gasteiger partial charge on any atom is 0.409 e. The lowest BCUT2D eigenvalue weighted by Crippen LogP contribution is -2.54. The number of piperazine rings is 1. The number of aliphatic imine (C=N–C) groups is 1. The van der Waals surface area contributed by atoms with Gasteiger partial charge in [0.05, 0.1) is 17.3 Å². The van der Waals surface area contributed by atoms with Crippen molar-refractivity contribution in [2.75, 3.05) is 45.9 Å². The molecule has 0 atom stereocenters. The Morgan fingerprint density at radius 2 is 1.96 bits per heavy atom. The number of halogens is 1. The molecule has 0 unspecified atom stereocenters. The summed E-state index contributed by atoms with van der Waals surface area (Å²) in [5, 5.41) is 6.65. The number of amides is 1. The maximum absolute atomic E-state index is 11.8.